The van der Waals surface area contributed by atoms with Crippen molar-refractivity contribution < 1.29 is 18.7 Å². The Balaban J connectivity index is 1.98. The first-order chi connectivity index (χ1) is 11.9. The molecule has 0 spiro atoms. The number of ketones is 1. The van der Waals surface area contributed by atoms with Gasteiger partial charge in [-0.05, 0) is 62.8 Å². The lowest BCUT2D eigenvalue weighted by atomic mass is 10.0. The second kappa shape index (κ2) is 5.88. The lowest BCUT2D eigenvalue weighted by Crippen LogP contribution is -2.09. The van der Waals surface area contributed by atoms with Crippen LogP contribution in [0.1, 0.15) is 40.4 Å². The van der Waals surface area contributed by atoms with Crippen LogP contribution in [0.15, 0.2) is 33.5 Å². The highest BCUT2D eigenvalue weighted by Crippen LogP contribution is 2.45. The number of fused-ring (bicyclic) bond motifs is 1. The molecule has 128 valence electrons. The summed E-state index contributed by atoms with van der Waals surface area (Å²) in [6, 6.07) is 2.90. The molecule has 1 fully saturated rings. The maximum Gasteiger partial charge on any atom is 0.210 e. The number of benzene rings is 1. The smallest absolute Gasteiger partial charge is 0.210 e. The number of hydrogen-bond donors (Lipinski definition) is 1. The van der Waals surface area contributed by atoms with Crippen molar-refractivity contribution in [2.75, 3.05) is 0 Å². The van der Waals surface area contributed by atoms with Crippen LogP contribution in [0.4, 0.5) is 8.78 Å². The molecule has 1 N–H and O–H groups in total. The largest absolute Gasteiger partial charge is 0.506 e. The number of nitrogens with zero attached hydrogens (tertiary/aromatic N) is 2. The summed E-state index contributed by atoms with van der Waals surface area (Å²) in [7, 11) is 0. The van der Waals surface area contributed by atoms with Gasteiger partial charge in [0.05, 0.1) is 15.1 Å². The zero-order valence-electron chi connectivity index (χ0n) is 12.6. The van der Waals surface area contributed by atoms with Gasteiger partial charge in [-0.25, -0.2) is 13.8 Å². The summed E-state index contributed by atoms with van der Waals surface area (Å²) in [5, 5.41) is 9.82. The van der Waals surface area contributed by atoms with Gasteiger partial charge in [0, 0.05) is 17.3 Å². The van der Waals surface area contributed by atoms with Crippen molar-refractivity contribution in [3.05, 3.63) is 61.9 Å². The van der Waals surface area contributed by atoms with E-state index < -0.39 is 17.4 Å². The van der Waals surface area contributed by atoms with Crippen LogP contribution in [0.3, 0.4) is 0 Å². The number of phenolic OH excluding ortho intramolecular Hbond substituents is 1. The average Bonchev–Trinajstić information content (AvgIpc) is 3.36. The van der Waals surface area contributed by atoms with Crippen LogP contribution >= 0.6 is 31.9 Å². The van der Waals surface area contributed by atoms with Crippen LogP contribution in [0.5, 0.6) is 5.75 Å². The van der Waals surface area contributed by atoms with Crippen molar-refractivity contribution in [1.29, 1.82) is 0 Å². The lowest BCUT2D eigenvalue weighted by molar-refractivity contribution is 0.103. The van der Waals surface area contributed by atoms with E-state index in [0.717, 1.165) is 25.2 Å². The molecule has 25 heavy (non-hydrogen) atoms. The van der Waals surface area contributed by atoms with Crippen molar-refractivity contribution in [3.8, 4) is 5.75 Å². The molecule has 2 heterocycles. The van der Waals surface area contributed by atoms with Crippen molar-refractivity contribution >= 4 is 43.3 Å². The highest BCUT2D eigenvalue weighted by Gasteiger charge is 2.36. The summed E-state index contributed by atoms with van der Waals surface area (Å²) in [5.41, 5.74) is 0.528. The van der Waals surface area contributed by atoms with Crippen molar-refractivity contribution in [2.45, 2.75) is 18.8 Å². The van der Waals surface area contributed by atoms with Crippen LogP contribution in [-0.2, 0) is 0 Å². The Labute approximate surface area is 157 Å². The molecule has 2 aromatic heterocycles. The molecule has 0 unspecified atom stereocenters. The highest BCUT2D eigenvalue weighted by atomic mass is 79.9. The Morgan fingerprint density at radius 3 is 2.48 bits per heavy atom. The molecule has 1 saturated carbocycles. The molecule has 0 bridgehead atoms. The minimum atomic E-state index is -0.660. The molecule has 4 nitrogen and oxygen atoms in total. The van der Waals surface area contributed by atoms with Crippen molar-refractivity contribution in [3.63, 3.8) is 0 Å². The van der Waals surface area contributed by atoms with Gasteiger partial charge in [-0.15, -0.1) is 0 Å². The number of halogens is 4. The van der Waals surface area contributed by atoms with Crippen LogP contribution < -0.4 is 0 Å². The molecule has 0 atom stereocenters. The van der Waals surface area contributed by atoms with Gasteiger partial charge >= 0.3 is 0 Å². The molecule has 0 amide bonds. The number of aromatic nitrogens is 2. The Bertz CT molecular complexity index is 1020. The van der Waals surface area contributed by atoms with E-state index in [9.17, 15) is 18.7 Å². The maximum atomic E-state index is 14.8. The Morgan fingerprint density at radius 2 is 1.88 bits per heavy atom. The lowest BCUT2D eigenvalue weighted by Gasteiger charge is -2.08. The molecular formula is C17H10Br2F2N2O2. The highest BCUT2D eigenvalue weighted by molar-refractivity contribution is 9.11. The number of carbonyl (C=O) groups excluding carboxylic acids is 1. The number of rotatable bonds is 3. The summed E-state index contributed by atoms with van der Waals surface area (Å²) in [5.74, 6) is -1.81. The van der Waals surface area contributed by atoms with Gasteiger partial charge in [-0.1, -0.05) is 0 Å². The first-order valence-electron chi connectivity index (χ1n) is 7.46. The average molecular weight is 472 g/mol. The van der Waals surface area contributed by atoms with Crippen molar-refractivity contribution in [2.24, 2.45) is 0 Å². The van der Waals surface area contributed by atoms with Gasteiger partial charge < -0.3 is 5.11 Å². The third kappa shape index (κ3) is 2.67. The van der Waals surface area contributed by atoms with Crippen LogP contribution in [0.25, 0.3) is 5.65 Å². The van der Waals surface area contributed by atoms with E-state index in [1.807, 2.05) is 0 Å². The van der Waals surface area contributed by atoms with Gasteiger partial charge in [0.1, 0.15) is 11.4 Å². The first-order valence-corrected chi connectivity index (χ1v) is 9.04. The fraction of sp³-hybridized carbons (Fsp3) is 0.176. The van der Waals surface area contributed by atoms with Crippen LogP contribution in [0, 0.1) is 11.6 Å². The van der Waals surface area contributed by atoms with E-state index in [1.165, 1.54) is 16.5 Å². The molecule has 1 aromatic carbocycles. The predicted molar refractivity (Wildman–Crippen MR) is 94.0 cm³/mol. The molecule has 1 aliphatic rings. The fourth-order valence-corrected chi connectivity index (χ4v) is 4.09. The Morgan fingerprint density at radius 1 is 1.24 bits per heavy atom. The Kier molecular flexibility index (Phi) is 3.92. The number of hydrogen-bond acceptors (Lipinski definition) is 3. The van der Waals surface area contributed by atoms with Crippen LogP contribution in [-0.4, -0.2) is 20.3 Å². The van der Waals surface area contributed by atoms with Crippen LogP contribution in [0.2, 0.25) is 0 Å². The number of phenols is 1. The molecule has 0 saturated heterocycles. The number of aromatic hydroxyl groups is 1. The van der Waals surface area contributed by atoms with E-state index in [4.69, 9.17) is 0 Å². The second-order valence-corrected chi connectivity index (χ2v) is 7.64. The molecular weight excluding hydrogens is 462 g/mol. The first kappa shape index (κ1) is 16.7. The number of carbonyl (C=O) groups is 1. The quantitative estimate of drug-likeness (QED) is 0.550. The monoisotopic (exact) mass is 470 g/mol. The van der Waals surface area contributed by atoms with E-state index in [-0.39, 0.29) is 34.1 Å². The molecule has 3 aromatic rings. The third-order valence-electron chi connectivity index (χ3n) is 4.20. The zero-order chi connectivity index (χ0) is 17.9. The van der Waals surface area contributed by atoms with E-state index in [2.05, 4.69) is 36.8 Å². The summed E-state index contributed by atoms with van der Waals surface area (Å²) in [6.07, 6.45) is 3.55. The molecule has 0 aliphatic heterocycles. The Hall–Kier alpha value is -1.80. The minimum Gasteiger partial charge on any atom is -0.506 e. The molecule has 4 rings (SSSR count). The molecule has 0 radical (unpaired) electrons. The molecule has 8 heteroatoms. The summed E-state index contributed by atoms with van der Waals surface area (Å²) in [6.45, 7) is 0. The topological polar surface area (TPSA) is 54.6 Å². The normalized spacial score (nSPS) is 14.2. The predicted octanol–water partition coefficient (Wildman–Crippen LogP) is 4.95. The fourth-order valence-electron chi connectivity index (χ4n) is 2.90. The van der Waals surface area contributed by atoms with E-state index in [0.29, 0.717) is 8.95 Å². The van der Waals surface area contributed by atoms with Gasteiger partial charge in [0.25, 0.3) is 0 Å². The third-order valence-corrected chi connectivity index (χ3v) is 5.41. The summed E-state index contributed by atoms with van der Waals surface area (Å²) in [4.78, 5) is 16.9. The zero-order valence-corrected chi connectivity index (χ0v) is 15.7. The van der Waals surface area contributed by atoms with Gasteiger partial charge in [0.2, 0.25) is 5.78 Å². The standard InChI is InChI=1S/C17H10Br2F2N2O2/c18-10-3-8(4-11(19)16(10)25)15(24)14-12(7-1-2-7)13(21)17-22-5-9(20)6-23(14)17/h3-7,25H,1-2H2. The van der Waals surface area contributed by atoms with Crippen molar-refractivity contribution in [1.82, 2.24) is 9.38 Å². The summed E-state index contributed by atoms with van der Waals surface area (Å²) >= 11 is 6.36. The second-order valence-electron chi connectivity index (χ2n) is 5.93. The maximum absolute atomic E-state index is 14.8. The summed E-state index contributed by atoms with van der Waals surface area (Å²) < 4.78 is 30.3. The molecule has 1 aliphatic carbocycles. The van der Waals surface area contributed by atoms with Gasteiger partial charge in [0.15, 0.2) is 17.3 Å². The van der Waals surface area contributed by atoms with Gasteiger partial charge in [-0.3, -0.25) is 9.20 Å². The SMILES string of the molecule is O=C(c1cc(Br)c(O)c(Br)c1)c1c(C2CC2)c(F)c2ncc(F)cn12. The van der Waals surface area contributed by atoms with E-state index in [1.54, 1.807) is 0 Å². The van der Waals surface area contributed by atoms with Gasteiger partial charge in [-0.2, -0.15) is 0 Å². The van der Waals surface area contributed by atoms with E-state index >= 15 is 0 Å². The minimum absolute atomic E-state index is 0.0436.